The van der Waals surface area contributed by atoms with E-state index in [1.165, 1.54) is 26.0 Å². The van der Waals surface area contributed by atoms with E-state index in [1.807, 2.05) is 0 Å². The van der Waals surface area contributed by atoms with Crippen LogP contribution >= 0.6 is 11.6 Å². The molecule has 7 nitrogen and oxygen atoms in total. The first-order valence-electron chi connectivity index (χ1n) is 8.13. The number of nitrogens with zero attached hydrogens (tertiary/aromatic N) is 2. The maximum atomic E-state index is 12.9. The van der Waals surface area contributed by atoms with Gasteiger partial charge in [0.05, 0.1) is 5.69 Å². The van der Waals surface area contributed by atoms with Gasteiger partial charge in [-0.3, -0.25) is 4.72 Å². The number of anilines is 1. The summed E-state index contributed by atoms with van der Waals surface area (Å²) in [7, 11) is -4.87. The van der Waals surface area contributed by atoms with E-state index in [2.05, 4.69) is 24.2 Å². The standard InChI is InChI=1S/C16H14ClF6N3O4S/c1-8-3-10(17)4-9(2)11(8)26-31(27,28)12-13(29-5-15(18,19)20)24-7-25-14(12)30-6-16(21,22)23/h3-4,7,26H,5-6H2,1-2H3. The second-order valence-electron chi connectivity index (χ2n) is 6.14. The highest BCUT2D eigenvalue weighted by molar-refractivity contribution is 7.93. The first-order valence-corrected chi connectivity index (χ1v) is 9.99. The molecule has 0 aliphatic carbocycles. The maximum absolute atomic E-state index is 12.9. The van der Waals surface area contributed by atoms with E-state index >= 15 is 0 Å². The van der Waals surface area contributed by atoms with E-state index in [0.717, 1.165) is 0 Å². The molecule has 1 heterocycles. The lowest BCUT2D eigenvalue weighted by atomic mass is 10.1. The van der Waals surface area contributed by atoms with Gasteiger partial charge in [-0.1, -0.05) is 11.6 Å². The molecule has 2 aromatic rings. The average Bonchev–Trinajstić information content (AvgIpc) is 2.60. The number of aromatic nitrogens is 2. The molecule has 172 valence electrons. The number of alkyl halides is 6. The fourth-order valence-electron chi connectivity index (χ4n) is 2.34. The fourth-order valence-corrected chi connectivity index (χ4v) is 4.04. The van der Waals surface area contributed by atoms with Gasteiger partial charge in [-0.2, -0.15) is 26.3 Å². The molecule has 0 radical (unpaired) electrons. The molecule has 0 amide bonds. The number of nitrogens with one attached hydrogen (secondary N) is 1. The van der Waals surface area contributed by atoms with Crippen molar-refractivity contribution in [3.63, 3.8) is 0 Å². The number of ether oxygens (including phenoxy) is 2. The zero-order valence-electron chi connectivity index (χ0n) is 15.7. The number of rotatable bonds is 7. The van der Waals surface area contributed by atoms with Crippen molar-refractivity contribution >= 4 is 27.3 Å². The molecule has 15 heteroatoms. The molecule has 0 aliphatic rings. The molecule has 31 heavy (non-hydrogen) atoms. The van der Waals surface area contributed by atoms with Crippen molar-refractivity contribution in [1.82, 2.24) is 9.97 Å². The van der Waals surface area contributed by atoms with Gasteiger partial charge in [-0.25, -0.2) is 18.4 Å². The van der Waals surface area contributed by atoms with E-state index in [9.17, 15) is 34.8 Å². The maximum Gasteiger partial charge on any atom is 0.422 e. The lowest BCUT2D eigenvalue weighted by Crippen LogP contribution is -2.25. The van der Waals surface area contributed by atoms with Crippen LogP contribution in [0.3, 0.4) is 0 Å². The van der Waals surface area contributed by atoms with Crippen LogP contribution < -0.4 is 14.2 Å². The molecule has 0 atom stereocenters. The average molecular weight is 494 g/mol. The molecule has 2 rings (SSSR count). The molecule has 1 aromatic carbocycles. The number of halogens is 7. The highest BCUT2D eigenvalue weighted by atomic mass is 35.5. The summed E-state index contributed by atoms with van der Waals surface area (Å²) in [6.45, 7) is -0.935. The number of hydrogen-bond donors (Lipinski definition) is 1. The lowest BCUT2D eigenvalue weighted by Gasteiger charge is -2.18. The van der Waals surface area contributed by atoms with Crippen LogP contribution in [-0.4, -0.2) is 44.0 Å². The van der Waals surface area contributed by atoms with Gasteiger partial charge < -0.3 is 9.47 Å². The summed E-state index contributed by atoms with van der Waals surface area (Å²) in [6, 6.07) is 2.80. The summed E-state index contributed by atoms with van der Waals surface area (Å²) in [5, 5.41) is 0.282. The van der Waals surface area contributed by atoms with Crippen molar-refractivity contribution in [2.75, 3.05) is 17.9 Å². The van der Waals surface area contributed by atoms with Crippen LogP contribution in [0.5, 0.6) is 11.8 Å². The molecular formula is C16H14ClF6N3O4S. The Morgan fingerprint density at radius 2 is 1.35 bits per heavy atom. The van der Waals surface area contributed by atoms with Crippen LogP contribution in [0.2, 0.25) is 5.02 Å². The quantitative estimate of drug-likeness (QED) is 0.574. The number of sulfonamides is 1. The molecule has 1 N–H and O–H groups in total. The van der Waals surface area contributed by atoms with E-state index in [4.69, 9.17) is 11.6 Å². The summed E-state index contributed by atoms with van der Waals surface area (Å²) < 4.78 is 112. The van der Waals surface area contributed by atoms with Gasteiger partial charge >= 0.3 is 12.4 Å². The largest absolute Gasteiger partial charge is 0.467 e. The van der Waals surface area contributed by atoms with Gasteiger partial charge in [0.15, 0.2) is 13.2 Å². The lowest BCUT2D eigenvalue weighted by molar-refractivity contribution is -0.155. The monoisotopic (exact) mass is 493 g/mol. The van der Waals surface area contributed by atoms with Crippen molar-refractivity contribution in [1.29, 1.82) is 0 Å². The molecule has 0 aliphatic heterocycles. The Bertz CT molecular complexity index is 1000. The molecule has 0 saturated carbocycles. The predicted molar refractivity (Wildman–Crippen MR) is 96.9 cm³/mol. The normalized spacial score (nSPS) is 12.5. The predicted octanol–water partition coefficient (Wildman–Crippen LogP) is 4.43. The second kappa shape index (κ2) is 8.94. The van der Waals surface area contributed by atoms with Crippen LogP contribution in [0.1, 0.15) is 11.1 Å². The van der Waals surface area contributed by atoms with Crippen LogP contribution in [0.4, 0.5) is 32.0 Å². The fraction of sp³-hybridized carbons (Fsp3) is 0.375. The minimum atomic E-state index is -4.88. The SMILES string of the molecule is Cc1cc(Cl)cc(C)c1NS(=O)(=O)c1c(OCC(F)(F)F)ncnc1OCC(F)(F)F. The van der Waals surface area contributed by atoms with Crippen molar-refractivity contribution in [3.8, 4) is 11.8 Å². The van der Waals surface area contributed by atoms with E-state index in [-0.39, 0.29) is 10.7 Å². The van der Waals surface area contributed by atoms with Gasteiger partial charge in [0.2, 0.25) is 16.7 Å². The summed E-state index contributed by atoms with van der Waals surface area (Å²) >= 11 is 5.88. The third kappa shape index (κ3) is 7.02. The van der Waals surface area contributed by atoms with Crippen LogP contribution in [0.25, 0.3) is 0 Å². The first-order chi connectivity index (χ1) is 14.1. The van der Waals surface area contributed by atoms with Crippen LogP contribution in [-0.2, 0) is 10.0 Å². The summed E-state index contributed by atoms with van der Waals surface area (Å²) in [5.74, 6) is -2.28. The van der Waals surface area contributed by atoms with E-state index in [0.29, 0.717) is 17.5 Å². The summed E-state index contributed by atoms with van der Waals surface area (Å²) in [4.78, 5) is 5.41. The molecular weight excluding hydrogens is 480 g/mol. The highest BCUT2D eigenvalue weighted by Gasteiger charge is 2.35. The number of hydrogen-bond acceptors (Lipinski definition) is 6. The third-order valence-electron chi connectivity index (χ3n) is 3.49. The minimum Gasteiger partial charge on any atom is -0.467 e. The third-order valence-corrected chi connectivity index (χ3v) is 5.06. The summed E-state index contributed by atoms with van der Waals surface area (Å²) in [6.07, 6.45) is -9.25. The van der Waals surface area contributed by atoms with Crippen molar-refractivity contribution < 1.29 is 44.2 Å². The Labute approximate surface area is 177 Å². The van der Waals surface area contributed by atoms with Gasteiger partial charge in [0, 0.05) is 5.02 Å². The Kier molecular flexibility index (Phi) is 7.15. The Morgan fingerprint density at radius 1 is 0.935 bits per heavy atom. The molecule has 0 spiro atoms. The van der Waals surface area contributed by atoms with Crippen molar-refractivity contribution in [2.24, 2.45) is 0 Å². The summed E-state index contributed by atoms with van der Waals surface area (Å²) in [5.41, 5.74) is 0.665. The van der Waals surface area contributed by atoms with Gasteiger partial charge in [0.1, 0.15) is 6.33 Å². The van der Waals surface area contributed by atoms with E-state index < -0.39 is 52.2 Å². The molecule has 0 saturated heterocycles. The number of benzene rings is 1. The topological polar surface area (TPSA) is 90.4 Å². The zero-order chi connectivity index (χ0) is 23.6. The Morgan fingerprint density at radius 3 is 1.74 bits per heavy atom. The van der Waals surface area contributed by atoms with E-state index in [1.54, 1.807) is 0 Å². The highest BCUT2D eigenvalue weighted by Crippen LogP contribution is 2.35. The first kappa shape index (κ1) is 24.8. The van der Waals surface area contributed by atoms with Crippen LogP contribution in [0, 0.1) is 13.8 Å². The van der Waals surface area contributed by atoms with Gasteiger partial charge in [0.25, 0.3) is 10.0 Å². The second-order valence-corrected chi connectivity index (χ2v) is 8.20. The molecule has 1 aromatic heterocycles. The molecule has 0 bridgehead atoms. The van der Waals surface area contributed by atoms with Gasteiger partial charge in [-0.05, 0) is 37.1 Å². The Hall–Kier alpha value is -2.48. The van der Waals surface area contributed by atoms with Crippen LogP contribution in [0.15, 0.2) is 23.4 Å². The Balaban J connectivity index is 2.56. The molecule has 0 fully saturated rings. The smallest absolute Gasteiger partial charge is 0.422 e. The van der Waals surface area contributed by atoms with Crippen molar-refractivity contribution in [3.05, 3.63) is 34.6 Å². The number of aryl methyl sites for hydroxylation is 2. The van der Waals surface area contributed by atoms with Gasteiger partial charge in [-0.15, -0.1) is 0 Å². The zero-order valence-corrected chi connectivity index (χ0v) is 17.3. The van der Waals surface area contributed by atoms with Crippen molar-refractivity contribution in [2.45, 2.75) is 31.1 Å². The molecule has 0 unspecified atom stereocenters. The minimum absolute atomic E-state index is 0.00297.